The van der Waals surface area contributed by atoms with Gasteiger partial charge in [0.05, 0.1) is 17.6 Å². The van der Waals surface area contributed by atoms with Crippen LogP contribution in [0.25, 0.3) is 0 Å². The highest BCUT2D eigenvalue weighted by molar-refractivity contribution is 6.31. The molecule has 0 aromatic heterocycles. The molecular formula is C28H35ClN2O3. The summed E-state index contributed by atoms with van der Waals surface area (Å²) in [5, 5.41) is 13.0. The Morgan fingerprint density at radius 2 is 1.79 bits per heavy atom. The molecule has 1 aliphatic heterocycles. The number of carbonyl (C=O) groups excluding carboxylic acids is 1. The lowest BCUT2D eigenvalue weighted by molar-refractivity contribution is 0.0696. The van der Waals surface area contributed by atoms with Gasteiger partial charge >= 0.3 is 12.0 Å². The molecule has 2 amide bonds. The Labute approximate surface area is 207 Å². The molecule has 2 N–H and O–H groups in total. The second-order valence-electron chi connectivity index (χ2n) is 10.8. The number of carbonyl (C=O) groups is 2. The molecule has 0 bridgehead atoms. The van der Waals surface area contributed by atoms with Crippen molar-refractivity contribution < 1.29 is 14.7 Å². The molecule has 1 heterocycles. The molecule has 0 unspecified atom stereocenters. The van der Waals surface area contributed by atoms with Crippen molar-refractivity contribution in [2.24, 2.45) is 11.3 Å². The molecule has 2 aromatic carbocycles. The third-order valence-electron chi connectivity index (χ3n) is 6.44. The summed E-state index contributed by atoms with van der Waals surface area (Å²) in [5.41, 5.74) is 3.78. The van der Waals surface area contributed by atoms with Crippen molar-refractivity contribution in [1.29, 1.82) is 0 Å². The van der Waals surface area contributed by atoms with Crippen molar-refractivity contribution >= 4 is 23.6 Å². The number of rotatable bonds is 7. The first kappa shape index (κ1) is 25.8. The SMILES string of the molecule is CC(C)C1=CN(Cc2ccc(C(=O)O)cc2)C(=O)N[C@@]1(C)c1ccc(CCC(C)(C)C)c(Cl)c1. The van der Waals surface area contributed by atoms with E-state index in [4.69, 9.17) is 16.7 Å². The summed E-state index contributed by atoms with van der Waals surface area (Å²) >= 11 is 6.69. The molecule has 3 rings (SSSR count). The molecule has 1 aliphatic rings. The number of amides is 2. The Morgan fingerprint density at radius 1 is 1.15 bits per heavy atom. The van der Waals surface area contributed by atoms with E-state index in [1.807, 2.05) is 19.2 Å². The van der Waals surface area contributed by atoms with Gasteiger partial charge in [-0.3, -0.25) is 4.90 Å². The van der Waals surface area contributed by atoms with E-state index < -0.39 is 11.5 Å². The molecular weight excluding hydrogens is 448 g/mol. The maximum Gasteiger partial charge on any atom is 0.335 e. The molecule has 0 saturated heterocycles. The zero-order valence-corrected chi connectivity index (χ0v) is 21.7. The first-order valence-corrected chi connectivity index (χ1v) is 12.1. The normalized spacial score (nSPS) is 18.6. The number of nitrogens with zero attached hydrogens (tertiary/aromatic N) is 1. The molecule has 0 aliphatic carbocycles. The molecule has 34 heavy (non-hydrogen) atoms. The predicted octanol–water partition coefficient (Wildman–Crippen LogP) is 7.00. The van der Waals surface area contributed by atoms with E-state index in [0.717, 1.165) is 40.1 Å². The van der Waals surface area contributed by atoms with Gasteiger partial charge in [0.15, 0.2) is 0 Å². The van der Waals surface area contributed by atoms with Crippen molar-refractivity contribution in [2.45, 2.75) is 66.5 Å². The van der Waals surface area contributed by atoms with Gasteiger partial charge in [0.25, 0.3) is 0 Å². The van der Waals surface area contributed by atoms with E-state index >= 15 is 0 Å². The molecule has 1 atom stereocenters. The average Bonchev–Trinajstić information content (AvgIpc) is 2.74. The second-order valence-corrected chi connectivity index (χ2v) is 11.2. The van der Waals surface area contributed by atoms with Crippen molar-refractivity contribution in [3.05, 3.63) is 81.5 Å². The summed E-state index contributed by atoms with van der Waals surface area (Å²) in [6.07, 6.45) is 3.88. The van der Waals surface area contributed by atoms with Gasteiger partial charge < -0.3 is 10.4 Å². The van der Waals surface area contributed by atoms with E-state index in [1.165, 1.54) is 0 Å². The van der Waals surface area contributed by atoms with Gasteiger partial charge in [-0.25, -0.2) is 9.59 Å². The number of halogens is 1. The number of benzene rings is 2. The van der Waals surface area contributed by atoms with Crippen LogP contribution in [-0.4, -0.2) is 22.0 Å². The highest BCUT2D eigenvalue weighted by atomic mass is 35.5. The third kappa shape index (κ3) is 5.82. The lowest BCUT2D eigenvalue weighted by Gasteiger charge is -2.42. The van der Waals surface area contributed by atoms with Gasteiger partial charge in [0, 0.05) is 11.2 Å². The number of aromatic carboxylic acids is 1. The fraction of sp³-hybridized carbons (Fsp3) is 0.429. The molecule has 2 aromatic rings. The van der Waals surface area contributed by atoms with Gasteiger partial charge in [0.2, 0.25) is 0 Å². The Bertz CT molecular complexity index is 1100. The van der Waals surface area contributed by atoms with Crippen LogP contribution in [0.2, 0.25) is 5.02 Å². The fourth-order valence-corrected chi connectivity index (χ4v) is 4.59. The van der Waals surface area contributed by atoms with Crippen molar-refractivity contribution in [3.63, 3.8) is 0 Å². The molecule has 6 heteroatoms. The minimum Gasteiger partial charge on any atom is -0.478 e. The molecule has 0 radical (unpaired) electrons. The van der Waals surface area contributed by atoms with Crippen molar-refractivity contribution in [3.8, 4) is 0 Å². The summed E-state index contributed by atoms with van der Waals surface area (Å²) in [7, 11) is 0. The molecule has 0 spiro atoms. The largest absolute Gasteiger partial charge is 0.478 e. The Hall–Kier alpha value is -2.79. The van der Waals surface area contributed by atoms with Crippen LogP contribution in [0.4, 0.5) is 4.79 Å². The van der Waals surface area contributed by atoms with Gasteiger partial charge in [0.1, 0.15) is 0 Å². The van der Waals surface area contributed by atoms with E-state index in [0.29, 0.717) is 6.54 Å². The van der Waals surface area contributed by atoms with E-state index in [2.05, 4.69) is 52.1 Å². The number of aryl methyl sites for hydroxylation is 1. The van der Waals surface area contributed by atoms with Gasteiger partial charge in [-0.15, -0.1) is 0 Å². The first-order chi connectivity index (χ1) is 15.8. The second kappa shape index (κ2) is 9.83. The predicted molar refractivity (Wildman–Crippen MR) is 137 cm³/mol. The maximum atomic E-state index is 13.1. The molecule has 0 fully saturated rings. The minimum absolute atomic E-state index is 0.182. The summed E-state index contributed by atoms with van der Waals surface area (Å²) in [6.45, 7) is 13.3. The molecule has 5 nitrogen and oxygen atoms in total. The number of hydrogen-bond donors (Lipinski definition) is 2. The van der Waals surface area contributed by atoms with Gasteiger partial charge in [-0.05, 0) is 71.6 Å². The Balaban J connectivity index is 1.89. The molecule has 182 valence electrons. The van der Waals surface area contributed by atoms with E-state index in [9.17, 15) is 9.59 Å². The minimum atomic E-state index is -0.969. The topological polar surface area (TPSA) is 69.6 Å². The maximum absolute atomic E-state index is 13.1. The number of carboxylic acids is 1. The summed E-state index contributed by atoms with van der Waals surface area (Å²) < 4.78 is 0. The van der Waals surface area contributed by atoms with Crippen molar-refractivity contribution in [1.82, 2.24) is 10.2 Å². The Kier molecular flexibility index (Phi) is 7.47. The smallest absolute Gasteiger partial charge is 0.335 e. The highest BCUT2D eigenvalue weighted by Gasteiger charge is 2.39. The van der Waals surface area contributed by atoms with Crippen LogP contribution in [0.3, 0.4) is 0 Å². The zero-order chi connectivity index (χ0) is 25.3. The standard InChI is InChI=1S/C28H35ClN2O3/c1-18(2)23-17-31(16-19-7-9-21(10-8-19)25(32)33)26(34)30-28(23,6)22-12-11-20(24(29)15-22)13-14-27(3,4)5/h7-12,15,17-18H,13-14,16H2,1-6H3,(H,30,34)(H,32,33)/t28-/m0/s1. The van der Waals surface area contributed by atoms with Crippen LogP contribution in [-0.2, 0) is 18.5 Å². The monoisotopic (exact) mass is 482 g/mol. The van der Waals surface area contributed by atoms with Crippen LogP contribution in [0.15, 0.2) is 54.2 Å². The van der Waals surface area contributed by atoms with Crippen LogP contribution in [0, 0.1) is 11.3 Å². The van der Waals surface area contributed by atoms with Crippen molar-refractivity contribution in [2.75, 3.05) is 0 Å². The quantitative estimate of drug-likeness (QED) is 0.446. The fourth-order valence-electron chi connectivity index (χ4n) is 4.32. The van der Waals surface area contributed by atoms with Crippen LogP contribution in [0.5, 0.6) is 0 Å². The lowest BCUT2D eigenvalue weighted by Crippen LogP contribution is -2.54. The van der Waals surface area contributed by atoms with Gasteiger partial charge in [-0.1, -0.05) is 70.5 Å². The number of carboxylic acid groups (broad SMARTS) is 1. The first-order valence-electron chi connectivity index (χ1n) is 11.7. The van der Waals surface area contributed by atoms with Crippen LogP contribution >= 0.6 is 11.6 Å². The Morgan fingerprint density at radius 3 is 2.32 bits per heavy atom. The average molecular weight is 483 g/mol. The van der Waals surface area contributed by atoms with E-state index in [-0.39, 0.29) is 22.9 Å². The summed E-state index contributed by atoms with van der Waals surface area (Å²) in [4.78, 5) is 25.9. The highest BCUT2D eigenvalue weighted by Crippen LogP contribution is 2.39. The molecule has 0 saturated carbocycles. The van der Waals surface area contributed by atoms with E-state index in [1.54, 1.807) is 29.2 Å². The summed E-state index contributed by atoms with van der Waals surface area (Å²) in [5.74, 6) is -0.787. The lowest BCUT2D eigenvalue weighted by atomic mass is 9.78. The van der Waals surface area contributed by atoms with Crippen LogP contribution < -0.4 is 5.32 Å². The van der Waals surface area contributed by atoms with Crippen LogP contribution in [0.1, 0.15) is 75.0 Å². The number of urea groups is 1. The van der Waals surface area contributed by atoms with Gasteiger partial charge in [-0.2, -0.15) is 0 Å². The number of hydrogen-bond acceptors (Lipinski definition) is 2. The number of nitrogens with one attached hydrogen (secondary N) is 1. The summed E-state index contributed by atoms with van der Waals surface area (Å²) in [6, 6.07) is 12.5. The zero-order valence-electron chi connectivity index (χ0n) is 20.9. The third-order valence-corrected chi connectivity index (χ3v) is 6.79.